The highest BCUT2D eigenvalue weighted by atomic mass is 79.9. The highest BCUT2D eigenvalue weighted by Gasteiger charge is 2.19. The van der Waals surface area contributed by atoms with E-state index in [1.165, 1.54) is 0 Å². The Morgan fingerprint density at radius 3 is 2.89 bits per heavy atom. The average Bonchev–Trinajstić information content (AvgIpc) is 2.38. The van der Waals surface area contributed by atoms with Gasteiger partial charge in [0.15, 0.2) is 5.75 Å². The van der Waals surface area contributed by atoms with Gasteiger partial charge in [-0.2, -0.15) is 5.26 Å². The van der Waals surface area contributed by atoms with Gasteiger partial charge < -0.3 is 10.1 Å². The second-order valence-corrected chi connectivity index (χ2v) is 4.45. The van der Waals surface area contributed by atoms with Crippen molar-refractivity contribution in [2.45, 2.75) is 12.5 Å². The first kappa shape index (κ1) is 15.3. The standard InChI is InChI=1S/C11H11BrFN3O3/c1-15-7(6-14)2-3-19-11-5-9(13)8(12)4-10(11)16(17)18/h4-5,7,15H,2-3H2,1H3. The third kappa shape index (κ3) is 4.15. The summed E-state index contributed by atoms with van der Waals surface area (Å²) in [5, 5.41) is 22.3. The zero-order chi connectivity index (χ0) is 14.4. The molecule has 1 aromatic carbocycles. The fourth-order valence-electron chi connectivity index (χ4n) is 1.34. The van der Waals surface area contributed by atoms with Crippen molar-refractivity contribution in [3.05, 3.63) is 32.5 Å². The van der Waals surface area contributed by atoms with Gasteiger partial charge in [-0.05, 0) is 23.0 Å². The number of ether oxygens (including phenoxy) is 1. The average molecular weight is 332 g/mol. The second-order valence-electron chi connectivity index (χ2n) is 3.60. The van der Waals surface area contributed by atoms with Crippen LogP contribution in [0.4, 0.5) is 10.1 Å². The topological polar surface area (TPSA) is 88.2 Å². The fraction of sp³-hybridized carbons (Fsp3) is 0.364. The van der Waals surface area contributed by atoms with Crippen LogP contribution in [0.5, 0.6) is 5.75 Å². The van der Waals surface area contributed by atoms with Crippen LogP contribution in [0.3, 0.4) is 0 Å². The van der Waals surface area contributed by atoms with Crippen molar-refractivity contribution < 1.29 is 14.1 Å². The molecule has 19 heavy (non-hydrogen) atoms. The van der Waals surface area contributed by atoms with Crippen molar-refractivity contribution >= 4 is 21.6 Å². The van der Waals surface area contributed by atoms with E-state index >= 15 is 0 Å². The molecule has 1 unspecified atom stereocenters. The van der Waals surface area contributed by atoms with E-state index < -0.39 is 16.8 Å². The molecule has 0 aliphatic carbocycles. The van der Waals surface area contributed by atoms with Crippen molar-refractivity contribution in [1.82, 2.24) is 5.32 Å². The minimum atomic E-state index is -0.653. The molecule has 1 N–H and O–H groups in total. The quantitative estimate of drug-likeness (QED) is 0.638. The number of hydrogen-bond donors (Lipinski definition) is 1. The number of benzene rings is 1. The van der Waals surface area contributed by atoms with Gasteiger partial charge in [-0.3, -0.25) is 10.1 Å². The molecule has 0 bridgehead atoms. The number of nitrogens with one attached hydrogen (secondary N) is 1. The van der Waals surface area contributed by atoms with E-state index in [0.29, 0.717) is 6.42 Å². The van der Waals surface area contributed by atoms with E-state index in [1.807, 2.05) is 6.07 Å². The van der Waals surface area contributed by atoms with Crippen molar-refractivity contribution in [2.24, 2.45) is 0 Å². The van der Waals surface area contributed by atoms with Gasteiger partial charge in [0, 0.05) is 18.6 Å². The summed E-state index contributed by atoms with van der Waals surface area (Å²) in [6, 6.07) is 3.57. The molecule has 0 aromatic heterocycles. The number of nitriles is 1. The summed E-state index contributed by atoms with van der Waals surface area (Å²) in [5.41, 5.74) is -0.328. The highest BCUT2D eigenvalue weighted by Crippen LogP contribution is 2.32. The SMILES string of the molecule is CNC(C#N)CCOc1cc(F)c(Br)cc1[N+](=O)[O-]. The van der Waals surface area contributed by atoms with Crippen LogP contribution in [0, 0.1) is 27.3 Å². The van der Waals surface area contributed by atoms with Gasteiger partial charge >= 0.3 is 5.69 Å². The number of nitro benzene ring substituents is 1. The molecule has 0 heterocycles. The summed E-state index contributed by atoms with van der Waals surface area (Å²) in [7, 11) is 1.62. The van der Waals surface area contributed by atoms with Crippen molar-refractivity contribution in [3.8, 4) is 11.8 Å². The summed E-state index contributed by atoms with van der Waals surface area (Å²) in [6.07, 6.45) is 0.335. The Balaban J connectivity index is 2.80. The Labute approximate surface area is 117 Å². The molecule has 0 amide bonds. The molecule has 1 atom stereocenters. The van der Waals surface area contributed by atoms with Crippen LogP contribution in [0.2, 0.25) is 0 Å². The molecule has 0 aliphatic heterocycles. The zero-order valence-electron chi connectivity index (χ0n) is 10.0. The Hall–Kier alpha value is -1.72. The van der Waals surface area contributed by atoms with Crippen molar-refractivity contribution in [2.75, 3.05) is 13.7 Å². The van der Waals surface area contributed by atoms with E-state index in [-0.39, 0.29) is 22.5 Å². The van der Waals surface area contributed by atoms with Gasteiger partial charge in [0.05, 0.1) is 28.1 Å². The van der Waals surface area contributed by atoms with E-state index in [0.717, 1.165) is 12.1 Å². The minimum Gasteiger partial charge on any atom is -0.487 e. The number of hydrogen-bond acceptors (Lipinski definition) is 5. The Morgan fingerprint density at radius 2 is 2.37 bits per heavy atom. The normalized spacial score (nSPS) is 11.7. The zero-order valence-corrected chi connectivity index (χ0v) is 11.6. The highest BCUT2D eigenvalue weighted by molar-refractivity contribution is 9.10. The van der Waals surface area contributed by atoms with Gasteiger partial charge in [-0.1, -0.05) is 0 Å². The first-order valence-electron chi connectivity index (χ1n) is 5.32. The number of rotatable bonds is 6. The Bertz CT molecular complexity index is 519. The molecule has 0 aliphatic rings. The predicted molar refractivity (Wildman–Crippen MR) is 69.3 cm³/mol. The first-order valence-corrected chi connectivity index (χ1v) is 6.12. The van der Waals surface area contributed by atoms with E-state index in [9.17, 15) is 14.5 Å². The molecule has 1 rings (SSSR count). The molecule has 0 fully saturated rings. The second kappa shape index (κ2) is 7.01. The maximum absolute atomic E-state index is 13.3. The van der Waals surface area contributed by atoms with Crippen LogP contribution in [0.1, 0.15) is 6.42 Å². The monoisotopic (exact) mass is 331 g/mol. The van der Waals surface area contributed by atoms with Gasteiger partial charge in [0.1, 0.15) is 5.82 Å². The van der Waals surface area contributed by atoms with Gasteiger partial charge in [0.2, 0.25) is 0 Å². The molecular formula is C11H11BrFN3O3. The lowest BCUT2D eigenvalue weighted by Gasteiger charge is -2.10. The maximum Gasteiger partial charge on any atom is 0.312 e. The number of nitrogens with zero attached hydrogens (tertiary/aromatic N) is 2. The lowest BCUT2D eigenvalue weighted by atomic mass is 10.2. The van der Waals surface area contributed by atoms with Crippen LogP contribution in [0.25, 0.3) is 0 Å². The molecular weight excluding hydrogens is 321 g/mol. The Kier molecular flexibility index (Phi) is 5.66. The summed E-state index contributed by atoms with van der Waals surface area (Å²) < 4.78 is 18.5. The van der Waals surface area contributed by atoms with Crippen LogP contribution in [-0.2, 0) is 0 Å². The van der Waals surface area contributed by atoms with Crippen molar-refractivity contribution in [3.63, 3.8) is 0 Å². The summed E-state index contributed by atoms with van der Waals surface area (Å²) in [5.74, 6) is -0.801. The molecule has 0 radical (unpaired) electrons. The number of halogens is 2. The first-order chi connectivity index (χ1) is 8.99. The third-order valence-electron chi connectivity index (χ3n) is 2.37. The molecule has 8 heteroatoms. The van der Waals surface area contributed by atoms with Crippen LogP contribution < -0.4 is 10.1 Å². The summed E-state index contributed by atoms with van der Waals surface area (Å²) in [6.45, 7) is 0.0704. The van der Waals surface area contributed by atoms with Crippen molar-refractivity contribution in [1.29, 1.82) is 5.26 Å². The fourth-order valence-corrected chi connectivity index (χ4v) is 1.67. The molecule has 6 nitrogen and oxygen atoms in total. The molecule has 0 spiro atoms. The smallest absolute Gasteiger partial charge is 0.312 e. The molecule has 0 saturated heterocycles. The number of nitro groups is 1. The largest absolute Gasteiger partial charge is 0.487 e. The van der Waals surface area contributed by atoms with Gasteiger partial charge in [-0.15, -0.1) is 0 Å². The van der Waals surface area contributed by atoms with E-state index in [2.05, 4.69) is 21.2 Å². The van der Waals surface area contributed by atoms with E-state index in [1.54, 1.807) is 7.05 Å². The maximum atomic E-state index is 13.3. The van der Waals surface area contributed by atoms with Gasteiger partial charge in [0.25, 0.3) is 0 Å². The third-order valence-corrected chi connectivity index (χ3v) is 2.97. The van der Waals surface area contributed by atoms with Crippen LogP contribution in [-0.4, -0.2) is 24.6 Å². The predicted octanol–water partition coefficient (Wildman–Crippen LogP) is 2.38. The Morgan fingerprint density at radius 1 is 1.68 bits per heavy atom. The summed E-state index contributed by atoms with van der Waals surface area (Å²) >= 11 is 2.87. The lowest BCUT2D eigenvalue weighted by Crippen LogP contribution is -2.25. The molecule has 102 valence electrons. The minimum absolute atomic E-state index is 0.00308. The van der Waals surface area contributed by atoms with Crippen LogP contribution >= 0.6 is 15.9 Å². The lowest BCUT2D eigenvalue weighted by molar-refractivity contribution is -0.386. The van der Waals surface area contributed by atoms with E-state index in [4.69, 9.17) is 10.00 Å². The molecule has 0 saturated carbocycles. The van der Waals surface area contributed by atoms with Crippen LogP contribution in [0.15, 0.2) is 16.6 Å². The van der Waals surface area contributed by atoms with Gasteiger partial charge in [-0.25, -0.2) is 4.39 Å². The molecule has 1 aromatic rings. The summed E-state index contributed by atoms with van der Waals surface area (Å²) in [4.78, 5) is 10.2.